The largest absolute Gasteiger partial charge is 0.478 e. The van der Waals surface area contributed by atoms with Crippen LogP contribution in [0.25, 0.3) is 16.9 Å². The van der Waals surface area contributed by atoms with Crippen LogP contribution in [0, 0.1) is 17.3 Å². The highest BCUT2D eigenvalue weighted by Crippen LogP contribution is 2.48. The second kappa shape index (κ2) is 8.08. The van der Waals surface area contributed by atoms with Gasteiger partial charge in [-0.3, -0.25) is 9.20 Å². The van der Waals surface area contributed by atoms with Crippen LogP contribution in [0.5, 0.6) is 0 Å². The molecule has 2 heterocycles. The number of carbonyl (C=O) groups excluding carboxylic acids is 1. The molecule has 2 atom stereocenters. The van der Waals surface area contributed by atoms with E-state index < -0.39 is 5.97 Å². The fraction of sp³-hybridized carbons (Fsp3) is 0.423. The minimum absolute atomic E-state index is 0.101. The number of imidazole rings is 1. The Balaban J connectivity index is 1.37. The number of nitrogens with zero attached hydrogens (tertiary/aromatic N) is 2. The summed E-state index contributed by atoms with van der Waals surface area (Å²) in [5.74, 6) is 0.544. The molecule has 2 aromatic heterocycles. The summed E-state index contributed by atoms with van der Waals surface area (Å²) in [6.07, 6.45) is 9.59. The quantitative estimate of drug-likeness (QED) is 0.593. The molecule has 2 unspecified atom stereocenters. The molecule has 2 aliphatic carbocycles. The van der Waals surface area contributed by atoms with Crippen LogP contribution in [0.2, 0.25) is 0 Å². The van der Waals surface area contributed by atoms with E-state index in [1.54, 1.807) is 34.9 Å². The summed E-state index contributed by atoms with van der Waals surface area (Å²) in [5, 5.41) is 12.5. The first-order valence-corrected chi connectivity index (χ1v) is 11.5. The van der Waals surface area contributed by atoms with Gasteiger partial charge >= 0.3 is 5.97 Å². The number of aromatic nitrogens is 2. The van der Waals surface area contributed by atoms with Gasteiger partial charge in [0.1, 0.15) is 11.3 Å². The van der Waals surface area contributed by atoms with Gasteiger partial charge in [0.05, 0.1) is 11.3 Å². The predicted molar refractivity (Wildman–Crippen MR) is 123 cm³/mol. The van der Waals surface area contributed by atoms with Crippen molar-refractivity contribution in [3.8, 4) is 11.3 Å². The zero-order valence-electron chi connectivity index (χ0n) is 18.4. The summed E-state index contributed by atoms with van der Waals surface area (Å²) in [6.45, 7) is 3.01. The Labute approximate surface area is 187 Å². The molecule has 0 aliphatic heterocycles. The summed E-state index contributed by atoms with van der Waals surface area (Å²) in [6, 6.07) is 12.2. The highest BCUT2D eigenvalue weighted by Gasteiger charge is 2.39. The maximum Gasteiger partial charge on any atom is 0.335 e. The lowest BCUT2D eigenvalue weighted by Gasteiger charge is -2.45. The van der Waals surface area contributed by atoms with Crippen LogP contribution in [-0.2, 0) is 0 Å². The van der Waals surface area contributed by atoms with Crippen LogP contribution in [0.15, 0.2) is 48.7 Å². The second-order valence-electron chi connectivity index (χ2n) is 9.95. The van der Waals surface area contributed by atoms with E-state index in [1.807, 2.05) is 18.2 Å². The zero-order valence-corrected chi connectivity index (χ0v) is 18.4. The Morgan fingerprint density at radius 3 is 2.66 bits per heavy atom. The van der Waals surface area contributed by atoms with Crippen molar-refractivity contribution in [1.29, 1.82) is 0 Å². The van der Waals surface area contributed by atoms with Gasteiger partial charge in [0.25, 0.3) is 5.91 Å². The third-order valence-corrected chi connectivity index (χ3v) is 7.26. The predicted octanol–water partition coefficient (Wildman–Crippen LogP) is 5.04. The molecule has 6 heteroatoms. The molecule has 2 fully saturated rings. The number of hydrogen-bond donors (Lipinski definition) is 2. The van der Waals surface area contributed by atoms with Gasteiger partial charge in [-0.2, -0.15) is 0 Å². The van der Waals surface area contributed by atoms with Crippen LogP contribution < -0.4 is 5.32 Å². The van der Waals surface area contributed by atoms with Gasteiger partial charge in [-0.05, 0) is 60.8 Å². The van der Waals surface area contributed by atoms with E-state index in [9.17, 15) is 14.7 Å². The van der Waals surface area contributed by atoms with Gasteiger partial charge < -0.3 is 10.4 Å². The maximum atomic E-state index is 13.1. The molecule has 166 valence electrons. The van der Waals surface area contributed by atoms with E-state index in [2.05, 4.69) is 17.2 Å². The van der Waals surface area contributed by atoms with Crippen molar-refractivity contribution >= 4 is 17.5 Å². The smallest absolute Gasteiger partial charge is 0.335 e. The molecule has 2 aliphatic rings. The highest BCUT2D eigenvalue weighted by atomic mass is 16.4. The fourth-order valence-electron chi connectivity index (χ4n) is 5.93. The second-order valence-corrected chi connectivity index (χ2v) is 9.95. The molecular formula is C26H29N3O3. The Morgan fingerprint density at radius 1 is 1.16 bits per heavy atom. The average molecular weight is 432 g/mol. The number of carboxylic acids is 1. The normalized spacial score (nSPS) is 24.9. The molecule has 6 nitrogen and oxygen atoms in total. The number of benzene rings is 1. The maximum absolute atomic E-state index is 13.1. The van der Waals surface area contributed by atoms with E-state index in [4.69, 9.17) is 0 Å². The van der Waals surface area contributed by atoms with Gasteiger partial charge in [-0.15, -0.1) is 0 Å². The van der Waals surface area contributed by atoms with E-state index in [0.717, 1.165) is 11.8 Å². The molecule has 3 aromatic rings. The summed E-state index contributed by atoms with van der Waals surface area (Å²) in [4.78, 5) is 29.1. The number of amides is 1. The molecule has 2 N–H and O–H groups in total. The molecule has 0 radical (unpaired) electrons. The van der Waals surface area contributed by atoms with E-state index in [0.29, 0.717) is 29.1 Å². The SMILES string of the molecule is CC1(CNC(=O)c2cccc3nc(-c4cccc(C(=O)O)c4)cn23)CC2CCCC(C2)C1. The molecule has 32 heavy (non-hydrogen) atoms. The van der Waals surface area contributed by atoms with Crippen LogP contribution in [0.1, 0.15) is 66.3 Å². The molecular weight excluding hydrogens is 402 g/mol. The zero-order chi connectivity index (χ0) is 22.3. The number of rotatable bonds is 5. The van der Waals surface area contributed by atoms with Crippen LogP contribution in [-0.4, -0.2) is 32.9 Å². The molecule has 5 rings (SSSR count). The lowest BCUT2D eigenvalue weighted by molar-refractivity contribution is 0.0631. The Bertz CT molecular complexity index is 1170. The summed E-state index contributed by atoms with van der Waals surface area (Å²) < 4.78 is 1.79. The number of carbonyl (C=O) groups is 2. The van der Waals surface area contributed by atoms with Crippen LogP contribution in [0.3, 0.4) is 0 Å². The van der Waals surface area contributed by atoms with Crippen molar-refractivity contribution in [2.75, 3.05) is 6.54 Å². The van der Waals surface area contributed by atoms with Gasteiger partial charge in [0.15, 0.2) is 0 Å². The topological polar surface area (TPSA) is 83.7 Å². The van der Waals surface area contributed by atoms with Crippen molar-refractivity contribution < 1.29 is 14.7 Å². The first kappa shape index (κ1) is 20.7. The molecule has 1 aromatic carbocycles. The van der Waals surface area contributed by atoms with Crippen LogP contribution in [0.4, 0.5) is 0 Å². The Hall–Kier alpha value is -3.15. The van der Waals surface area contributed by atoms with Crippen molar-refractivity contribution in [3.63, 3.8) is 0 Å². The van der Waals surface area contributed by atoms with Gasteiger partial charge in [-0.25, -0.2) is 9.78 Å². The molecule has 2 bridgehead atoms. The number of fused-ring (bicyclic) bond motifs is 3. The number of nitrogens with one attached hydrogen (secondary N) is 1. The third kappa shape index (κ3) is 4.01. The summed E-state index contributed by atoms with van der Waals surface area (Å²) in [7, 11) is 0. The standard InChI is InChI=1S/C26H29N3O3/c1-26(13-17-5-2-6-18(11-17)14-26)16-27-24(30)22-9-4-10-23-28-21(15-29(22)23)19-7-3-8-20(12-19)25(31)32/h3-4,7-10,12,15,17-18H,2,5-6,11,13-14,16H2,1H3,(H,27,30)(H,31,32). The number of pyridine rings is 1. The van der Waals surface area contributed by atoms with Crippen molar-refractivity contribution in [1.82, 2.24) is 14.7 Å². The van der Waals surface area contributed by atoms with Gasteiger partial charge in [0.2, 0.25) is 0 Å². The minimum atomic E-state index is -0.976. The van der Waals surface area contributed by atoms with E-state index >= 15 is 0 Å². The monoisotopic (exact) mass is 431 g/mol. The first-order valence-electron chi connectivity index (χ1n) is 11.5. The fourth-order valence-corrected chi connectivity index (χ4v) is 5.93. The third-order valence-electron chi connectivity index (χ3n) is 7.26. The van der Waals surface area contributed by atoms with Gasteiger partial charge in [-0.1, -0.05) is 44.4 Å². The highest BCUT2D eigenvalue weighted by molar-refractivity contribution is 5.93. The number of carboxylic acid groups (broad SMARTS) is 1. The lowest BCUT2D eigenvalue weighted by Crippen LogP contribution is -2.42. The molecule has 2 saturated carbocycles. The van der Waals surface area contributed by atoms with E-state index in [-0.39, 0.29) is 16.9 Å². The summed E-state index contributed by atoms with van der Waals surface area (Å²) in [5.41, 5.74) is 2.92. The molecule has 0 spiro atoms. The summed E-state index contributed by atoms with van der Waals surface area (Å²) >= 11 is 0. The van der Waals surface area contributed by atoms with Crippen molar-refractivity contribution in [2.24, 2.45) is 17.3 Å². The van der Waals surface area contributed by atoms with E-state index in [1.165, 1.54) is 38.5 Å². The van der Waals surface area contributed by atoms with Gasteiger partial charge in [0, 0.05) is 18.3 Å². The number of hydrogen-bond acceptors (Lipinski definition) is 3. The lowest BCUT2D eigenvalue weighted by atomic mass is 9.61. The van der Waals surface area contributed by atoms with Crippen molar-refractivity contribution in [3.05, 3.63) is 59.9 Å². The Kier molecular flexibility index (Phi) is 5.24. The molecule has 1 amide bonds. The average Bonchev–Trinajstić information content (AvgIpc) is 3.22. The number of aromatic carboxylic acids is 1. The minimum Gasteiger partial charge on any atom is -0.478 e. The van der Waals surface area contributed by atoms with Crippen LogP contribution >= 0.6 is 0 Å². The Morgan fingerprint density at radius 2 is 1.91 bits per heavy atom. The van der Waals surface area contributed by atoms with Crippen molar-refractivity contribution in [2.45, 2.75) is 45.4 Å². The first-order chi connectivity index (χ1) is 15.4. The molecule has 0 saturated heterocycles.